The maximum atomic E-state index is 12.1. The molecule has 2 aromatic rings. The monoisotopic (exact) mass is 312 g/mol. The maximum absolute atomic E-state index is 12.1. The van der Waals surface area contributed by atoms with Gasteiger partial charge in [-0.05, 0) is 48.4 Å². The molecule has 0 saturated carbocycles. The van der Waals surface area contributed by atoms with Crippen molar-refractivity contribution in [3.05, 3.63) is 54.4 Å². The molecule has 0 atom stereocenters. The number of amides is 3. The van der Waals surface area contributed by atoms with E-state index in [1.54, 1.807) is 48.6 Å². The van der Waals surface area contributed by atoms with E-state index in [-0.39, 0.29) is 11.9 Å². The Labute approximate surface area is 135 Å². The highest BCUT2D eigenvalue weighted by atomic mass is 16.2. The molecule has 120 valence electrons. The Morgan fingerprint density at radius 1 is 1.00 bits per heavy atom. The number of nitrogens with zero attached hydrogens (tertiary/aromatic N) is 2. The first-order valence-corrected chi connectivity index (χ1v) is 7.33. The van der Waals surface area contributed by atoms with Gasteiger partial charge in [-0.25, -0.2) is 4.79 Å². The molecule has 0 unspecified atom stereocenters. The third kappa shape index (κ3) is 5.43. The van der Waals surface area contributed by atoms with Gasteiger partial charge >= 0.3 is 6.03 Å². The first-order valence-electron chi connectivity index (χ1n) is 7.33. The Balaban J connectivity index is 1.84. The minimum absolute atomic E-state index is 0.127. The molecule has 2 N–H and O–H groups in total. The zero-order valence-electron chi connectivity index (χ0n) is 13.2. The summed E-state index contributed by atoms with van der Waals surface area (Å²) in [4.78, 5) is 28.7. The van der Waals surface area contributed by atoms with E-state index in [1.807, 2.05) is 12.1 Å². The predicted octanol–water partition coefficient (Wildman–Crippen LogP) is 2.75. The number of nitrogens with one attached hydrogen (secondary N) is 2. The fourth-order valence-corrected chi connectivity index (χ4v) is 2.01. The summed E-state index contributed by atoms with van der Waals surface area (Å²) in [5.74, 6) is -0.127. The van der Waals surface area contributed by atoms with Crippen molar-refractivity contribution < 1.29 is 9.59 Å². The van der Waals surface area contributed by atoms with Crippen LogP contribution in [0.1, 0.15) is 12.5 Å². The maximum Gasteiger partial charge on any atom is 0.321 e. The fraction of sp³-hybridized carbons (Fsp3) is 0.235. The molecular weight excluding hydrogens is 292 g/mol. The highest BCUT2D eigenvalue weighted by Gasteiger charge is 2.08. The van der Waals surface area contributed by atoms with Crippen LogP contribution in [0, 0.1) is 0 Å². The molecule has 0 spiro atoms. The molecule has 1 heterocycles. The lowest BCUT2D eigenvalue weighted by atomic mass is 10.2. The Kier molecular flexibility index (Phi) is 5.68. The number of carbonyl (C=O) groups is 2. The Morgan fingerprint density at radius 3 is 2.13 bits per heavy atom. The number of likely N-dealkylation sites (N-methyl/N-ethyl adjacent to an activating group) is 1. The molecule has 6 heteroatoms. The molecule has 0 fully saturated rings. The van der Waals surface area contributed by atoms with Crippen LogP contribution in [-0.4, -0.2) is 35.4 Å². The summed E-state index contributed by atoms with van der Waals surface area (Å²) in [5.41, 5.74) is 2.51. The molecule has 0 bridgehead atoms. The molecular formula is C17H20N4O2. The van der Waals surface area contributed by atoms with Gasteiger partial charge < -0.3 is 15.5 Å². The summed E-state index contributed by atoms with van der Waals surface area (Å²) in [5, 5.41) is 5.50. The third-order valence-corrected chi connectivity index (χ3v) is 3.29. The number of rotatable bonds is 5. The molecule has 1 aromatic heterocycles. The minimum atomic E-state index is -0.175. The second-order valence-corrected chi connectivity index (χ2v) is 5.22. The number of urea groups is 1. The lowest BCUT2D eigenvalue weighted by molar-refractivity contribution is -0.114. The van der Waals surface area contributed by atoms with Gasteiger partial charge in [-0.15, -0.1) is 0 Å². The third-order valence-electron chi connectivity index (χ3n) is 3.29. The van der Waals surface area contributed by atoms with Crippen LogP contribution in [-0.2, 0) is 11.2 Å². The standard InChI is InChI=1S/C17H20N4O2/c1-13(22)19-15-3-5-16(6-4-15)20-17(23)21(2)12-9-14-7-10-18-11-8-14/h3-8,10-11H,9,12H2,1-2H3,(H,19,22)(H,20,23). The fourth-order valence-electron chi connectivity index (χ4n) is 2.01. The zero-order valence-corrected chi connectivity index (χ0v) is 13.2. The van der Waals surface area contributed by atoms with Gasteiger partial charge in [0.15, 0.2) is 0 Å². The second-order valence-electron chi connectivity index (χ2n) is 5.22. The minimum Gasteiger partial charge on any atom is -0.327 e. The number of benzene rings is 1. The topological polar surface area (TPSA) is 74.3 Å². The van der Waals surface area contributed by atoms with Crippen LogP contribution in [0.4, 0.5) is 16.2 Å². The molecule has 0 saturated heterocycles. The summed E-state index contributed by atoms with van der Waals surface area (Å²) in [7, 11) is 1.75. The number of hydrogen-bond donors (Lipinski definition) is 2. The van der Waals surface area contributed by atoms with Crippen molar-refractivity contribution >= 4 is 23.3 Å². The number of pyridine rings is 1. The highest BCUT2D eigenvalue weighted by Crippen LogP contribution is 2.14. The Bertz CT molecular complexity index is 656. The van der Waals surface area contributed by atoms with Crippen molar-refractivity contribution in [1.29, 1.82) is 0 Å². The van der Waals surface area contributed by atoms with Crippen LogP contribution >= 0.6 is 0 Å². The van der Waals surface area contributed by atoms with Crippen LogP contribution in [0.2, 0.25) is 0 Å². The molecule has 0 aliphatic heterocycles. The van der Waals surface area contributed by atoms with E-state index < -0.39 is 0 Å². The number of carbonyl (C=O) groups excluding carboxylic acids is 2. The average molecular weight is 312 g/mol. The van der Waals surface area contributed by atoms with Crippen LogP contribution < -0.4 is 10.6 Å². The number of hydrogen-bond acceptors (Lipinski definition) is 3. The largest absolute Gasteiger partial charge is 0.327 e. The van der Waals surface area contributed by atoms with Crippen LogP contribution in [0.15, 0.2) is 48.8 Å². The van der Waals surface area contributed by atoms with Crippen molar-refractivity contribution in [3.63, 3.8) is 0 Å². The highest BCUT2D eigenvalue weighted by molar-refractivity contribution is 5.91. The van der Waals surface area contributed by atoms with Gasteiger partial charge in [0.2, 0.25) is 5.91 Å². The number of aromatic nitrogens is 1. The molecule has 6 nitrogen and oxygen atoms in total. The van der Waals surface area contributed by atoms with Crippen molar-refractivity contribution in [2.45, 2.75) is 13.3 Å². The van der Waals surface area contributed by atoms with E-state index in [2.05, 4.69) is 15.6 Å². The van der Waals surface area contributed by atoms with Crippen molar-refractivity contribution in [2.75, 3.05) is 24.2 Å². The van der Waals surface area contributed by atoms with Crippen LogP contribution in [0.3, 0.4) is 0 Å². The molecule has 1 aromatic carbocycles. The SMILES string of the molecule is CC(=O)Nc1ccc(NC(=O)N(C)CCc2ccncc2)cc1. The van der Waals surface area contributed by atoms with Gasteiger partial charge in [0.1, 0.15) is 0 Å². The van der Waals surface area contributed by atoms with Gasteiger partial charge in [0, 0.05) is 44.3 Å². The van der Waals surface area contributed by atoms with Gasteiger partial charge in [0.05, 0.1) is 0 Å². The molecule has 0 radical (unpaired) electrons. The molecule has 0 aliphatic carbocycles. The lowest BCUT2D eigenvalue weighted by Crippen LogP contribution is -2.32. The summed E-state index contributed by atoms with van der Waals surface area (Å²) in [6.07, 6.45) is 4.26. The lowest BCUT2D eigenvalue weighted by Gasteiger charge is -2.18. The van der Waals surface area contributed by atoms with Gasteiger partial charge in [0.25, 0.3) is 0 Å². The van der Waals surface area contributed by atoms with E-state index in [1.165, 1.54) is 6.92 Å². The van der Waals surface area contributed by atoms with Gasteiger partial charge in [-0.3, -0.25) is 9.78 Å². The van der Waals surface area contributed by atoms with Gasteiger partial charge in [-0.2, -0.15) is 0 Å². The predicted molar refractivity (Wildman–Crippen MR) is 90.3 cm³/mol. The first kappa shape index (κ1) is 16.5. The second kappa shape index (κ2) is 7.93. The average Bonchev–Trinajstić information content (AvgIpc) is 2.55. The van der Waals surface area contributed by atoms with Crippen LogP contribution in [0.25, 0.3) is 0 Å². The summed E-state index contributed by atoms with van der Waals surface area (Å²) in [6, 6.07) is 10.7. The van der Waals surface area contributed by atoms with Gasteiger partial charge in [-0.1, -0.05) is 0 Å². The van der Waals surface area contributed by atoms with E-state index in [0.717, 1.165) is 12.0 Å². The summed E-state index contributed by atoms with van der Waals surface area (Å²) >= 11 is 0. The number of anilines is 2. The van der Waals surface area contributed by atoms with Crippen molar-refractivity contribution in [1.82, 2.24) is 9.88 Å². The quantitative estimate of drug-likeness (QED) is 0.891. The normalized spacial score (nSPS) is 10.0. The first-order chi connectivity index (χ1) is 11.0. The Morgan fingerprint density at radius 2 is 1.57 bits per heavy atom. The molecule has 2 rings (SSSR count). The van der Waals surface area contributed by atoms with E-state index in [4.69, 9.17) is 0 Å². The molecule has 0 aliphatic rings. The van der Waals surface area contributed by atoms with E-state index >= 15 is 0 Å². The van der Waals surface area contributed by atoms with E-state index in [0.29, 0.717) is 17.9 Å². The summed E-state index contributed by atoms with van der Waals surface area (Å²) < 4.78 is 0. The molecule has 23 heavy (non-hydrogen) atoms. The Hall–Kier alpha value is -2.89. The zero-order chi connectivity index (χ0) is 16.7. The van der Waals surface area contributed by atoms with Crippen LogP contribution in [0.5, 0.6) is 0 Å². The smallest absolute Gasteiger partial charge is 0.321 e. The van der Waals surface area contributed by atoms with Crippen molar-refractivity contribution in [3.8, 4) is 0 Å². The summed E-state index contributed by atoms with van der Waals surface area (Å²) in [6.45, 7) is 2.06. The van der Waals surface area contributed by atoms with Crippen molar-refractivity contribution in [2.24, 2.45) is 0 Å². The molecule has 3 amide bonds. The van der Waals surface area contributed by atoms with E-state index in [9.17, 15) is 9.59 Å².